The molecule has 2 aromatic carbocycles. The molecule has 29 heavy (non-hydrogen) atoms. The number of hydrogen-bond acceptors (Lipinski definition) is 4. The van der Waals surface area contributed by atoms with Crippen LogP contribution >= 0.6 is 46.6 Å². The number of amidine groups is 1. The summed E-state index contributed by atoms with van der Waals surface area (Å²) in [6.07, 6.45) is -0.00346. The lowest BCUT2D eigenvalue weighted by Gasteiger charge is -2.13. The smallest absolute Gasteiger partial charge is 0.242 e. The number of benzene rings is 2. The molecule has 2 amide bonds. The molecule has 1 N–H and O–H groups in total. The van der Waals surface area contributed by atoms with Gasteiger partial charge in [-0.25, -0.2) is 4.99 Å². The van der Waals surface area contributed by atoms with Crippen LogP contribution < -0.4 is 5.32 Å². The first-order chi connectivity index (χ1) is 13.8. The monoisotopic (exact) mass is 469 g/mol. The third-order valence-corrected chi connectivity index (χ3v) is 6.71. The van der Waals surface area contributed by atoms with Gasteiger partial charge in [-0.05, 0) is 43.7 Å². The molecule has 1 heterocycles. The highest BCUT2D eigenvalue weighted by atomic mass is 35.5. The highest BCUT2D eigenvalue weighted by Gasteiger charge is 2.38. The van der Waals surface area contributed by atoms with E-state index in [2.05, 4.69) is 10.3 Å². The minimum absolute atomic E-state index is 0.00346. The number of carbonyl (C=O) groups excluding carboxylic acids is 2. The molecule has 3 rings (SSSR count). The van der Waals surface area contributed by atoms with Crippen molar-refractivity contribution in [2.75, 3.05) is 11.9 Å². The third kappa shape index (κ3) is 5.07. The SMILES string of the molecule is CCN1C(=O)C(CC(=O)Nc2cccc(Cl)c2Cl)SC1=Nc1ccc(C)c(Cl)c1. The third-order valence-electron chi connectivity index (χ3n) is 4.31. The fraction of sp³-hybridized carbons (Fsp3) is 0.250. The number of aryl methyl sites for hydroxylation is 1. The fourth-order valence-corrected chi connectivity index (χ4v) is 4.49. The molecular weight excluding hydrogens is 453 g/mol. The van der Waals surface area contributed by atoms with Crippen LogP contribution in [0.5, 0.6) is 0 Å². The van der Waals surface area contributed by atoms with Gasteiger partial charge in [-0.2, -0.15) is 0 Å². The maximum atomic E-state index is 12.7. The molecule has 0 radical (unpaired) electrons. The lowest BCUT2D eigenvalue weighted by atomic mass is 10.2. The highest BCUT2D eigenvalue weighted by Crippen LogP contribution is 2.34. The van der Waals surface area contributed by atoms with E-state index < -0.39 is 5.25 Å². The van der Waals surface area contributed by atoms with Crippen molar-refractivity contribution in [1.82, 2.24) is 4.90 Å². The zero-order valence-electron chi connectivity index (χ0n) is 15.7. The summed E-state index contributed by atoms with van der Waals surface area (Å²) >= 11 is 19.5. The molecule has 1 fully saturated rings. The van der Waals surface area contributed by atoms with E-state index in [0.717, 1.165) is 5.56 Å². The molecule has 1 unspecified atom stereocenters. The summed E-state index contributed by atoms with van der Waals surface area (Å²) < 4.78 is 0. The maximum Gasteiger partial charge on any atom is 0.242 e. The van der Waals surface area contributed by atoms with Gasteiger partial charge in [0, 0.05) is 18.0 Å². The summed E-state index contributed by atoms with van der Waals surface area (Å²) in [5, 5.41) is 3.92. The van der Waals surface area contributed by atoms with E-state index in [0.29, 0.717) is 33.1 Å². The average Bonchev–Trinajstić information content (AvgIpc) is 2.96. The van der Waals surface area contributed by atoms with Gasteiger partial charge in [0.25, 0.3) is 0 Å². The highest BCUT2D eigenvalue weighted by molar-refractivity contribution is 8.15. The van der Waals surface area contributed by atoms with Gasteiger partial charge in [0.2, 0.25) is 11.8 Å². The average molecular weight is 471 g/mol. The van der Waals surface area contributed by atoms with E-state index in [1.807, 2.05) is 26.0 Å². The van der Waals surface area contributed by atoms with Crippen molar-refractivity contribution < 1.29 is 9.59 Å². The van der Waals surface area contributed by atoms with Crippen LogP contribution in [0, 0.1) is 6.92 Å². The molecule has 0 aliphatic carbocycles. The summed E-state index contributed by atoms with van der Waals surface area (Å²) in [5.41, 5.74) is 2.02. The van der Waals surface area contributed by atoms with Gasteiger partial charge in [-0.1, -0.05) is 58.7 Å². The van der Waals surface area contributed by atoms with E-state index >= 15 is 0 Å². The first-order valence-electron chi connectivity index (χ1n) is 8.87. The van der Waals surface area contributed by atoms with Crippen molar-refractivity contribution in [2.24, 2.45) is 4.99 Å². The zero-order valence-corrected chi connectivity index (χ0v) is 18.8. The van der Waals surface area contributed by atoms with Crippen LogP contribution in [-0.2, 0) is 9.59 Å². The predicted octanol–water partition coefficient (Wildman–Crippen LogP) is 5.94. The molecule has 1 saturated heterocycles. The number of hydrogen-bond donors (Lipinski definition) is 1. The fourth-order valence-electron chi connectivity index (χ4n) is 2.75. The van der Waals surface area contributed by atoms with E-state index in [4.69, 9.17) is 34.8 Å². The van der Waals surface area contributed by atoms with E-state index in [9.17, 15) is 9.59 Å². The first kappa shape index (κ1) is 22.0. The maximum absolute atomic E-state index is 12.7. The largest absolute Gasteiger partial charge is 0.325 e. The van der Waals surface area contributed by atoms with Crippen molar-refractivity contribution in [3.05, 3.63) is 57.0 Å². The van der Waals surface area contributed by atoms with Crippen LogP contribution in [0.2, 0.25) is 15.1 Å². The second-order valence-corrected chi connectivity index (χ2v) is 8.73. The Morgan fingerprint density at radius 3 is 2.66 bits per heavy atom. The lowest BCUT2D eigenvalue weighted by Crippen LogP contribution is -2.33. The number of rotatable bonds is 5. The van der Waals surface area contributed by atoms with Crippen molar-refractivity contribution >= 4 is 74.9 Å². The van der Waals surface area contributed by atoms with Crippen LogP contribution in [0.4, 0.5) is 11.4 Å². The molecule has 152 valence electrons. The molecule has 1 atom stereocenters. The van der Waals surface area contributed by atoms with Gasteiger partial charge >= 0.3 is 0 Å². The second-order valence-electron chi connectivity index (χ2n) is 6.37. The molecule has 9 heteroatoms. The van der Waals surface area contributed by atoms with E-state index in [1.165, 1.54) is 11.8 Å². The topological polar surface area (TPSA) is 61.8 Å². The minimum Gasteiger partial charge on any atom is -0.325 e. The van der Waals surface area contributed by atoms with Gasteiger partial charge in [-0.3, -0.25) is 14.5 Å². The molecular formula is C20H18Cl3N3O2S. The Bertz CT molecular complexity index is 997. The number of amides is 2. The van der Waals surface area contributed by atoms with Crippen LogP contribution in [0.25, 0.3) is 0 Å². The van der Waals surface area contributed by atoms with Gasteiger partial charge < -0.3 is 5.32 Å². The Labute approximate surface area is 188 Å². The molecule has 2 aromatic rings. The minimum atomic E-state index is -0.562. The number of nitrogens with zero attached hydrogens (tertiary/aromatic N) is 2. The van der Waals surface area contributed by atoms with Crippen LogP contribution in [-0.4, -0.2) is 33.7 Å². The summed E-state index contributed by atoms with van der Waals surface area (Å²) in [7, 11) is 0. The first-order valence-corrected chi connectivity index (χ1v) is 10.9. The number of aliphatic imine (C=N–C) groups is 1. The molecule has 0 aromatic heterocycles. The van der Waals surface area contributed by atoms with Crippen LogP contribution in [0.3, 0.4) is 0 Å². The standard InChI is InChI=1S/C20H18Cl3N3O2S/c1-3-26-19(28)16(10-17(27)25-15-6-4-5-13(21)18(15)23)29-20(26)24-12-8-7-11(2)14(22)9-12/h4-9,16H,3,10H2,1-2H3,(H,25,27). The van der Waals surface area contributed by atoms with Crippen molar-refractivity contribution in [2.45, 2.75) is 25.5 Å². The molecule has 0 spiro atoms. The van der Waals surface area contributed by atoms with Gasteiger partial charge in [0.05, 0.1) is 21.4 Å². The molecule has 1 aliphatic rings. The van der Waals surface area contributed by atoms with Crippen molar-refractivity contribution in [1.29, 1.82) is 0 Å². The van der Waals surface area contributed by atoms with E-state index in [-0.39, 0.29) is 23.3 Å². The molecule has 1 aliphatic heterocycles. The molecule has 0 bridgehead atoms. The molecule has 0 saturated carbocycles. The van der Waals surface area contributed by atoms with Crippen molar-refractivity contribution in [3.8, 4) is 0 Å². The zero-order chi connectivity index (χ0) is 21.1. The van der Waals surface area contributed by atoms with Crippen molar-refractivity contribution in [3.63, 3.8) is 0 Å². The summed E-state index contributed by atoms with van der Waals surface area (Å²) in [5.74, 6) is -0.475. The van der Waals surface area contributed by atoms with Crippen LogP contribution in [0.1, 0.15) is 18.9 Å². The van der Waals surface area contributed by atoms with Crippen LogP contribution in [0.15, 0.2) is 41.4 Å². The Kier molecular flexibility index (Phi) is 7.11. The van der Waals surface area contributed by atoms with Gasteiger partial charge in [0.15, 0.2) is 5.17 Å². The quantitative estimate of drug-likeness (QED) is 0.588. The Balaban J connectivity index is 1.74. The summed E-state index contributed by atoms with van der Waals surface area (Å²) in [6, 6.07) is 10.4. The summed E-state index contributed by atoms with van der Waals surface area (Å²) in [6.45, 7) is 4.24. The normalized spacial score (nSPS) is 17.8. The predicted molar refractivity (Wildman–Crippen MR) is 122 cm³/mol. The Hall–Kier alpha value is -1.73. The summed E-state index contributed by atoms with van der Waals surface area (Å²) in [4.78, 5) is 31.3. The number of carbonyl (C=O) groups is 2. The lowest BCUT2D eigenvalue weighted by molar-refractivity contribution is -0.128. The number of nitrogens with one attached hydrogen (secondary N) is 1. The van der Waals surface area contributed by atoms with Gasteiger partial charge in [-0.15, -0.1) is 0 Å². The van der Waals surface area contributed by atoms with Gasteiger partial charge in [0.1, 0.15) is 5.25 Å². The second kappa shape index (κ2) is 9.39. The Morgan fingerprint density at radius 2 is 1.97 bits per heavy atom. The molecule has 5 nitrogen and oxygen atoms in total. The van der Waals surface area contributed by atoms with E-state index in [1.54, 1.807) is 29.2 Å². The number of anilines is 1. The number of halogens is 3. The number of thioether (sulfide) groups is 1. The Morgan fingerprint density at radius 1 is 1.21 bits per heavy atom.